The van der Waals surface area contributed by atoms with Gasteiger partial charge in [-0.15, -0.1) is 11.3 Å². The quantitative estimate of drug-likeness (QED) is 0.608. The maximum atomic E-state index is 10.7. The summed E-state index contributed by atoms with van der Waals surface area (Å²) in [7, 11) is 1.28. The Balaban J connectivity index is 2.76. The van der Waals surface area contributed by atoms with E-state index in [9.17, 15) is 9.59 Å². The van der Waals surface area contributed by atoms with Crippen LogP contribution in [0.1, 0.15) is 21.7 Å². The first-order valence-corrected chi connectivity index (χ1v) is 4.89. The molecule has 1 heterocycles. The molecule has 0 atom stereocenters. The fourth-order valence-electron chi connectivity index (χ4n) is 0.857. The average Bonchev–Trinajstić information content (AvgIpc) is 2.65. The minimum Gasteiger partial charge on any atom is -0.477 e. The Labute approximate surface area is 90.5 Å². The first-order valence-electron chi connectivity index (χ1n) is 4.01. The molecule has 0 aliphatic heterocycles. The van der Waals surface area contributed by atoms with Crippen LogP contribution in [0.25, 0.3) is 0 Å². The van der Waals surface area contributed by atoms with Gasteiger partial charge in [0.2, 0.25) is 0 Å². The topological polar surface area (TPSA) is 63.6 Å². The number of carboxylic acid groups (broad SMARTS) is 1. The van der Waals surface area contributed by atoms with E-state index in [0.29, 0.717) is 5.56 Å². The van der Waals surface area contributed by atoms with Crippen molar-refractivity contribution in [3.63, 3.8) is 0 Å². The Morgan fingerprint density at radius 1 is 1.60 bits per heavy atom. The zero-order valence-electron chi connectivity index (χ0n) is 7.94. The smallest absolute Gasteiger partial charge is 0.347 e. The third-order valence-electron chi connectivity index (χ3n) is 1.54. The number of thiophene rings is 1. The molecule has 0 bridgehead atoms. The summed E-state index contributed by atoms with van der Waals surface area (Å²) in [6.07, 6.45) is -0.0363. The molecule has 15 heavy (non-hydrogen) atoms. The van der Waals surface area contributed by atoms with Crippen molar-refractivity contribution >= 4 is 23.3 Å². The summed E-state index contributed by atoms with van der Waals surface area (Å²) in [5.74, 6) is 3.73. The monoisotopic (exact) mass is 224 g/mol. The fraction of sp³-hybridized carbons (Fsp3) is 0.200. The number of hydrogen-bond donors (Lipinski definition) is 1. The van der Waals surface area contributed by atoms with Crippen LogP contribution in [0.4, 0.5) is 0 Å². The molecule has 0 unspecified atom stereocenters. The van der Waals surface area contributed by atoms with Gasteiger partial charge in [0.25, 0.3) is 0 Å². The van der Waals surface area contributed by atoms with Crippen molar-refractivity contribution in [1.82, 2.24) is 0 Å². The van der Waals surface area contributed by atoms with Crippen molar-refractivity contribution in [3.05, 3.63) is 21.9 Å². The SMILES string of the molecule is COC(=O)CC#Cc1ccsc1C(=O)O. The van der Waals surface area contributed by atoms with E-state index in [-0.39, 0.29) is 11.3 Å². The summed E-state index contributed by atoms with van der Waals surface area (Å²) in [6.45, 7) is 0. The summed E-state index contributed by atoms with van der Waals surface area (Å²) < 4.78 is 4.39. The number of aromatic carboxylic acids is 1. The maximum Gasteiger partial charge on any atom is 0.347 e. The molecule has 5 heteroatoms. The first-order chi connectivity index (χ1) is 7.15. The average molecular weight is 224 g/mol. The molecule has 0 fully saturated rings. The summed E-state index contributed by atoms with van der Waals surface area (Å²) in [6, 6.07) is 1.61. The van der Waals surface area contributed by atoms with Crippen molar-refractivity contribution in [1.29, 1.82) is 0 Å². The van der Waals surface area contributed by atoms with Crippen LogP contribution in [0, 0.1) is 11.8 Å². The largest absolute Gasteiger partial charge is 0.477 e. The highest BCUT2D eigenvalue weighted by molar-refractivity contribution is 7.12. The van der Waals surface area contributed by atoms with Gasteiger partial charge in [0.15, 0.2) is 0 Å². The molecule has 1 aromatic rings. The van der Waals surface area contributed by atoms with Crippen molar-refractivity contribution in [2.45, 2.75) is 6.42 Å². The van der Waals surface area contributed by atoms with Gasteiger partial charge in [0.05, 0.1) is 7.11 Å². The highest BCUT2D eigenvalue weighted by Gasteiger charge is 2.09. The zero-order chi connectivity index (χ0) is 11.3. The number of esters is 1. The van der Waals surface area contributed by atoms with Crippen molar-refractivity contribution in [2.24, 2.45) is 0 Å². The molecule has 0 spiro atoms. The molecule has 0 aliphatic rings. The summed E-state index contributed by atoms with van der Waals surface area (Å²) in [4.78, 5) is 21.6. The highest BCUT2D eigenvalue weighted by Crippen LogP contribution is 2.15. The second-order valence-corrected chi connectivity index (χ2v) is 3.44. The van der Waals surface area contributed by atoms with Crippen molar-refractivity contribution in [3.8, 4) is 11.8 Å². The van der Waals surface area contributed by atoms with Gasteiger partial charge in [0.1, 0.15) is 11.3 Å². The van der Waals surface area contributed by atoms with Crippen LogP contribution in [0.2, 0.25) is 0 Å². The third kappa shape index (κ3) is 3.11. The number of carbonyl (C=O) groups is 2. The molecule has 78 valence electrons. The van der Waals surface area contributed by atoms with Gasteiger partial charge in [0, 0.05) is 5.56 Å². The van der Waals surface area contributed by atoms with Crippen LogP contribution in [0.15, 0.2) is 11.4 Å². The molecular formula is C10H8O4S. The molecule has 1 N–H and O–H groups in total. The lowest BCUT2D eigenvalue weighted by Crippen LogP contribution is -1.97. The number of rotatable bonds is 2. The third-order valence-corrected chi connectivity index (χ3v) is 2.45. The Hall–Kier alpha value is -1.80. The van der Waals surface area contributed by atoms with E-state index in [4.69, 9.17) is 5.11 Å². The van der Waals surface area contributed by atoms with Gasteiger partial charge in [-0.1, -0.05) is 11.8 Å². The van der Waals surface area contributed by atoms with Gasteiger partial charge in [-0.05, 0) is 11.4 Å². The van der Waals surface area contributed by atoms with Crippen molar-refractivity contribution < 1.29 is 19.4 Å². The first kappa shape index (κ1) is 11.3. The molecule has 0 amide bonds. The minimum atomic E-state index is -1.01. The Bertz CT molecular complexity index is 436. The van der Waals surface area contributed by atoms with E-state index in [1.807, 2.05) is 0 Å². The van der Waals surface area contributed by atoms with E-state index in [2.05, 4.69) is 16.6 Å². The van der Waals surface area contributed by atoms with Crippen LogP contribution < -0.4 is 0 Å². The molecule has 0 saturated carbocycles. The van der Waals surface area contributed by atoms with E-state index in [1.165, 1.54) is 7.11 Å². The highest BCUT2D eigenvalue weighted by atomic mass is 32.1. The lowest BCUT2D eigenvalue weighted by atomic mass is 10.2. The van der Waals surface area contributed by atoms with Gasteiger partial charge in [-0.3, -0.25) is 4.79 Å². The van der Waals surface area contributed by atoms with Crippen molar-refractivity contribution in [2.75, 3.05) is 7.11 Å². The second-order valence-electron chi connectivity index (χ2n) is 2.52. The van der Waals surface area contributed by atoms with E-state index >= 15 is 0 Å². The van der Waals surface area contributed by atoms with Crippen LogP contribution in [-0.2, 0) is 9.53 Å². The molecule has 1 rings (SSSR count). The lowest BCUT2D eigenvalue weighted by molar-refractivity contribution is -0.139. The number of carbonyl (C=O) groups excluding carboxylic acids is 1. The fourth-order valence-corrected chi connectivity index (χ4v) is 1.54. The Morgan fingerprint density at radius 3 is 2.93 bits per heavy atom. The van der Waals surface area contributed by atoms with Gasteiger partial charge in [-0.2, -0.15) is 0 Å². The summed E-state index contributed by atoms with van der Waals surface area (Å²) in [5, 5.41) is 10.4. The van der Waals surface area contributed by atoms with E-state index < -0.39 is 11.9 Å². The lowest BCUT2D eigenvalue weighted by Gasteiger charge is -1.90. The summed E-state index contributed by atoms with van der Waals surface area (Å²) in [5.41, 5.74) is 0.427. The molecule has 0 saturated heterocycles. The van der Waals surface area contributed by atoms with Crippen LogP contribution in [0.5, 0.6) is 0 Å². The van der Waals surface area contributed by atoms with Gasteiger partial charge >= 0.3 is 11.9 Å². The normalized spacial score (nSPS) is 8.87. The molecule has 0 radical (unpaired) electrons. The minimum absolute atomic E-state index is 0.0363. The van der Waals surface area contributed by atoms with Gasteiger partial charge in [-0.25, -0.2) is 4.79 Å². The Kier molecular flexibility index (Phi) is 3.89. The van der Waals surface area contributed by atoms with E-state index in [1.54, 1.807) is 11.4 Å². The molecular weight excluding hydrogens is 216 g/mol. The predicted octanol–water partition coefficient (Wildman–Crippen LogP) is 1.36. The molecule has 0 aromatic carbocycles. The molecule has 0 aliphatic carbocycles. The maximum absolute atomic E-state index is 10.7. The van der Waals surface area contributed by atoms with Gasteiger partial charge < -0.3 is 9.84 Å². The standard InChI is InChI=1S/C10H8O4S/c1-14-8(11)4-2-3-7-5-6-15-9(7)10(12)13/h5-6H,4H2,1H3,(H,12,13). The number of carboxylic acids is 1. The molecule has 1 aromatic heterocycles. The summed E-state index contributed by atoms with van der Waals surface area (Å²) >= 11 is 1.10. The Morgan fingerprint density at radius 2 is 2.33 bits per heavy atom. The number of hydrogen-bond acceptors (Lipinski definition) is 4. The van der Waals surface area contributed by atoms with Crippen LogP contribution in [0.3, 0.4) is 0 Å². The second kappa shape index (κ2) is 5.17. The zero-order valence-corrected chi connectivity index (χ0v) is 8.76. The number of methoxy groups -OCH3 is 1. The molecule has 4 nitrogen and oxygen atoms in total. The van der Waals surface area contributed by atoms with Crippen LogP contribution >= 0.6 is 11.3 Å². The number of ether oxygens (including phenoxy) is 1. The van der Waals surface area contributed by atoms with Crippen LogP contribution in [-0.4, -0.2) is 24.2 Å². The van der Waals surface area contributed by atoms with E-state index in [0.717, 1.165) is 11.3 Å². The predicted molar refractivity (Wildman–Crippen MR) is 54.8 cm³/mol.